The molecule has 0 aliphatic rings. The predicted molar refractivity (Wildman–Crippen MR) is 123 cm³/mol. The number of likely N-dealkylation sites (N-methyl/N-ethyl adjacent to an activating group) is 1. The van der Waals surface area contributed by atoms with Crippen molar-refractivity contribution in [2.45, 2.75) is 39.3 Å². The third-order valence-electron chi connectivity index (χ3n) is 4.79. The molecule has 2 N–H and O–H groups in total. The molecule has 0 spiro atoms. The highest BCUT2D eigenvalue weighted by Crippen LogP contribution is 2.27. The molecule has 1 atom stereocenters. The van der Waals surface area contributed by atoms with Gasteiger partial charge in [0.15, 0.2) is 5.13 Å². The van der Waals surface area contributed by atoms with Crippen LogP contribution in [0.5, 0.6) is 0 Å². The van der Waals surface area contributed by atoms with E-state index in [0.717, 1.165) is 35.3 Å². The fraction of sp³-hybridized carbons (Fsp3) is 0.348. The van der Waals surface area contributed by atoms with Crippen LogP contribution in [0.15, 0.2) is 48.5 Å². The SMILES string of the molecule is CC[C@@H](CN(C)Cc1ccccc1)NC(=O)Cc1ccc2nc(NC(C)=O)sc2c1. The summed E-state index contributed by atoms with van der Waals surface area (Å²) in [7, 11) is 2.08. The van der Waals surface area contributed by atoms with Gasteiger partial charge in [-0.15, -0.1) is 0 Å². The van der Waals surface area contributed by atoms with Crippen LogP contribution in [0, 0.1) is 0 Å². The quantitative estimate of drug-likeness (QED) is 0.548. The molecule has 0 unspecified atom stereocenters. The first kappa shape index (κ1) is 21.9. The first-order valence-corrected chi connectivity index (χ1v) is 10.9. The molecule has 2 amide bonds. The summed E-state index contributed by atoms with van der Waals surface area (Å²) in [5, 5.41) is 6.45. The molecule has 2 aromatic carbocycles. The van der Waals surface area contributed by atoms with Gasteiger partial charge in [-0.3, -0.25) is 9.59 Å². The van der Waals surface area contributed by atoms with Gasteiger partial charge >= 0.3 is 0 Å². The number of nitrogens with zero attached hydrogens (tertiary/aromatic N) is 2. The monoisotopic (exact) mass is 424 g/mol. The second-order valence-corrected chi connectivity index (χ2v) is 8.56. The van der Waals surface area contributed by atoms with Crippen molar-refractivity contribution < 1.29 is 9.59 Å². The molecule has 0 saturated heterocycles. The zero-order valence-electron chi connectivity index (χ0n) is 17.6. The van der Waals surface area contributed by atoms with E-state index in [4.69, 9.17) is 0 Å². The summed E-state index contributed by atoms with van der Waals surface area (Å²) in [5.74, 6) is -0.127. The average molecular weight is 425 g/mol. The zero-order chi connectivity index (χ0) is 21.5. The fourth-order valence-corrected chi connectivity index (χ4v) is 4.34. The number of carbonyl (C=O) groups is 2. The number of thiazole rings is 1. The number of amides is 2. The molecule has 0 aliphatic carbocycles. The second kappa shape index (κ2) is 10.3. The Bertz CT molecular complexity index is 1000. The maximum Gasteiger partial charge on any atom is 0.224 e. The van der Waals surface area contributed by atoms with Crippen molar-refractivity contribution >= 4 is 38.5 Å². The van der Waals surface area contributed by atoms with E-state index >= 15 is 0 Å². The lowest BCUT2D eigenvalue weighted by molar-refractivity contribution is -0.121. The van der Waals surface area contributed by atoms with Crippen LogP contribution in [0.1, 0.15) is 31.4 Å². The van der Waals surface area contributed by atoms with E-state index in [1.165, 1.54) is 23.8 Å². The van der Waals surface area contributed by atoms with Gasteiger partial charge in [-0.1, -0.05) is 54.7 Å². The molecule has 0 bridgehead atoms. The molecule has 7 heteroatoms. The van der Waals surface area contributed by atoms with Crippen LogP contribution in [0.2, 0.25) is 0 Å². The van der Waals surface area contributed by atoms with Crippen molar-refractivity contribution in [1.82, 2.24) is 15.2 Å². The molecule has 0 aliphatic heterocycles. The predicted octanol–water partition coefficient (Wildman–Crippen LogP) is 3.82. The molecule has 0 radical (unpaired) electrons. The summed E-state index contributed by atoms with van der Waals surface area (Å²) in [6, 6.07) is 16.2. The minimum absolute atomic E-state index is 0.0147. The number of aromatic nitrogens is 1. The van der Waals surface area contributed by atoms with Crippen molar-refractivity contribution in [2.75, 3.05) is 18.9 Å². The Kier molecular flexibility index (Phi) is 7.54. The second-order valence-electron chi connectivity index (χ2n) is 7.53. The number of hydrogen-bond donors (Lipinski definition) is 2. The van der Waals surface area contributed by atoms with Crippen LogP contribution < -0.4 is 10.6 Å². The largest absolute Gasteiger partial charge is 0.352 e. The summed E-state index contributed by atoms with van der Waals surface area (Å²) in [6.07, 6.45) is 1.20. The van der Waals surface area contributed by atoms with Gasteiger partial charge in [-0.05, 0) is 36.7 Å². The molecule has 0 saturated carbocycles. The van der Waals surface area contributed by atoms with Crippen LogP contribution in [-0.4, -0.2) is 41.3 Å². The molecule has 1 aromatic heterocycles. The summed E-state index contributed by atoms with van der Waals surface area (Å²) in [5.41, 5.74) is 3.02. The highest BCUT2D eigenvalue weighted by Gasteiger charge is 2.14. The first-order chi connectivity index (χ1) is 14.4. The molecule has 6 nitrogen and oxygen atoms in total. The molecule has 0 fully saturated rings. The topological polar surface area (TPSA) is 74.3 Å². The maximum absolute atomic E-state index is 12.6. The molecule has 3 rings (SSSR count). The Hall–Kier alpha value is -2.77. The van der Waals surface area contributed by atoms with Crippen molar-refractivity contribution in [1.29, 1.82) is 0 Å². The Morgan fingerprint density at radius 2 is 1.90 bits per heavy atom. The standard InChI is InChI=1S/C23H28N4O2S/c1-4-19(15-27(3)14-17-8-6-5-7-9-17)25-22(29)13-18-10-11-20-21(12-18)30-23(26-20)24-16(2)28/h5-12,19H,4,13-15H2,1-3H3,(H,25,29)(H,24,26,28)/t19-/m0/s1. The van der Waals surface area contributed by atoms with Crippen molar-refractivity contribution in [3.8, 4) is 0 Å². The van der Waals surface area contributed by atoms with Crippen molar-refractivity contribution in [2.24, 2.45) is 0 Å². The molecule has 1 heterocycles. The summed E-state index contributed by atoms with van der Waals surface area (Å²) < 4.78 is 0.957. The van der Waals surface area contributed by atoms with Gasteiger partial charge in [-0.25, -0.2) is 4.98 Å². The minimum Gasteiger partial charge on any atom is -0.352 e. The highest BCUT2D eigenvalue weighted by atomic mass is 32.1. The summed E-state index contributed by atoms with van der Waals surface area (Å²) in [4.78, 5) is 30.4. The van der Waals surface area contributed by atoms with E-state index in [2.05, 4.69) is 46.6 Å². The number of nitrogens with one attached hydrogen (secondary N) is 2. The Balaban J connectivity index is 1.55. The number of carbonyl (C=O) groups excluding carboxylic acids is 2. The van der Waals surface area contributed by atoms with E-state index in [-0.39, 0.29) is 17.9 Å². The summed E-state index contributed by atoms with van der Waals surface area (Å²) in [6.45, 7) is 5.20. The van der Waals surface area contributed by atoms with Crippen LogP contribution in [0.4, 0.5) is 5.13 Å². The summed E-state index contributed by atoms with van der Waals surface area (Å²) >= 11 is 1.41. The van der Waals surface area contributed by atoms with Gasteiger partial charge in [0, 0.05) is 26.1 Å². The van der Waals surface area contributed by atoms with E-state index in [9.17, 15) is 9.59 Å². The van der Waals surface area contributed by atoms with Gasteiger partial charge in [-0.2, -0.15) is 0 Å². The number of fused-ring (bicyclic) bond motifs is 1. The number of benzene rings is 2. The molecular formula is C23H28N4O2S. The van der Waals surface area contributed by atoms with E-state index in [1.54, 1.807) is 0 Å². The Morgan fingerprint density at radius 3 is 2.60 bits per heavy atom. The fourth-order valence-electron chi connectivity index (χ4n) is 3.36. The van der Waals surface area contributed by atoms with Crippen molar-refractivity contribution in [3.63, 3.8) is 0 Å². The molecular weight excluding hydrogens is 396 g/mol. The number of hydrogen-bond acceptors (Lipinski definition) is 5. The molecule has 3 aromatic rings. The van der Waals surface area contributed by atoms with Gasteiger partial charge in [0.2, 0.25) is 11.8 Å². The van der Waals surface area contributed by atoms with Crippen LogP contribution in [0.25, 0.3) is 10.2 Å². The molecule has 158 valence electrons. The number of rotatable bonds is 9. The van der Waals surface area contributed by atoms with Gasteiger partial charge in [0.1, 0.15) is 0 Å². The van der Waals surface area contributed by atoms with E-state index in [0.29, 0.717) is 11.6 Å². The van der Waals surface area contributed by atoms with Crippen LogP contribution >= 0.6 is 11.3 Å². The molecule has 30 heavy (non-hydrogen) atoms. The maximum atomic E-state index is 12.6. The van der Waals surface area contributed by atoms with E-state index in [1.807, 2.05) is 36.4 Å². The Morgan fingerprint density at radius 1 is 1.13 bits per heavy atom. The lowest BCUT2D eigenvalue weighted by Crippen LogP contribution is -2.42. The third kappa shape index (κ3) is 6.37. The normalized spacial score (nSPS) is 12.1. The lowest BCUT2D eigenvalue weighted by Gasteiger charge is -2.24. The van der Waals surface area contributed by atoms with Crippen LogP contribution in [0.3, 0.4) is 0 Å². The van der Waals surface area contributed by atoms with E-state index < -0.39 is 0 Å². The minimum atomic E-state index is -0.142. The van der Waals surface area contributed by atoms with Crippen molar-refractivity contribution in [3.05, 3.63) is 59.7 Å². The highest BCUT2D eigenvalue weighted by molar-refractivity contribution is 7.22. The first-order valence-electron chi connectivity index (χ1n) is 10.1. The average Bonchev–Trinajstić information content (AvgIpc) is 3.08. The third-order valence-corrected chi connectivity index (χ3v) is 5.72. The lowest BCUT2D eigenvalue weighted by atomic mass is 10.1. The van der Waals surface area contributed by atoms with Gasteiger partial charge in [0.05, 0.1) is 16.6 Å². The van der Waals surface area contributed by atoms with Crippen LogP contribution in [-0.2, 0) is 22.6 Å². The Labute approximate surface area is 181 Å². The smallest absolute Gasteiger partial charge is 0.224 e. The zero-order valence-corrected chi connectivity index (χ0v) is 18.5. The number of anilines is 1. The van der Waals surface area contributed by atoms with Gasteiger partial charge in [0.25, 0.3) is 0 Å². The van der Waals surface area contributed by atoms with Gasteiger partial charge < -0.3 is 15.5 Å².